The van der Waals surface area contributed by atoms with Crippen LogP contribution in [0.1, 0.15) is 40.5 Å². The van der Waals surface area contributed by atoms with Crippen molar-refractivity contribution in [1.82, 2.24) is 0 Å². The molecule has 1 heterocycles. The van der Waals surface area contributed by atoms with Crippen molar-refractivity contribution in [3.63, 3.8) is 0 Å². The van der Waals surface area contributed by atoms with E-state index in [4.69, 9.17) is 4.74 Å². The molecule has 0 amide bonds. The topological polar surface area (TPSA) is 29.5 Å². The molecule has 0 spiro atoms. The molecule has 1 aliphatic heterocycles. The molecule has 13 heavy (non-hydrogen) atoms. The van der Waals surface area contributed by atoms with Crippen molar-refractivity contribution < 1.29 is 9.84 Å². The lowest BCUT2D eigenvalue weighted by atomic mass is 9.68. The fraction of sp³-hybridized carbons (Fsp3) is 1.00. The summed E-state index contributed by atoms with van der Waals surface area (Å²) >= 11 is 0. The molecule has 2 nitrogen and oxygen atoms in total. The van der Waals surface area contributed by atoms with E-state index in [-0.39, 0.29) is 5.41 Å². The average Bonchev–Trinajstić information content (AvgIpc) is 2.04. The molecule has 2 heteroatoms. The smallest absolute Gasteiger partial charge is 0.0717 e. The summed E-state index contributed by atoms with van der Waals surface area (Å²) in [7, 11) is 0. The van der Waals surface area contributed by atoms with Crippen LogP contribution in [-0.4, -0.2) is 23.9 Å². The number of hydrogen-bond acceptors (Lipinski definition) is 2. The van der Waals surface area contributed by atoms with Gasteiger partial charge in [0.1, 0.15) is 0 Å². The molecule has 0 bridgehead atoms. The van der Waals surface area contributed by atoms with Crippen LogP contribution in [0, 0.1) is 11.3 Å². The van der Waals surface area contributed by atoms with E-state index in [2.05, 4.69) is 20.8 Å². The quantitative estimate of drug-likeness (QED) is 0.680. The lowest BCUT2D eigenvalue weighted by Crippen LogP contribution is -2.49. The highest BCUT2D eigenvalue weighted by molar-refractivity contribution is 4.93. The third kappa shape index (κ3) is 2.23. The minimum absolute atomic E-state index is 0.0711. The molecular formula is C11H22O2. The van der Waals surface area contributed by atoms with Crippen molar-refractivity contribution in [3.8, 4) is 0 Å². The van der Waals surface area contributed by atoms with E-state index < -0.39 is 5.60 Å². The fourth-order valence-electron chi connectivity index (χ4n) is 1.80. The summed E-state index contributed by atoms with van der Waals surface area (Å²) in [5.41, 5.74) is -0.689. The highest BCUT2D eigenvalue weighted by Gasteiger charge is 2.42. The molecule has 0 aliphatic carbocycles. The zero-order valence-electron chi connectivity index (χ0n) is 9.26. The standard InChI is InChI=1S/C11H22O2/c1-10(2,3)11(4,12)9-6-5-7-13-8-9/h9,12H,5-8H2,1-4H3. The molecule has 0 saturated carbocycles. The van der Waals surface area contributed by atoms with E-state index in [0.29, 0.717) is 12.5 Å². The Morgan fingerprint density at radius 3 is 2.23 bits per heavy atom. The lowest BCUT2D eigenvalue weighted by molar-refractivity contribution is -0.127. The Labute approximate surface area is 81.3 Å². The van der Waals surface area contributed by atoms with Gasteiger partial charge in [-0.05, 0) is 25.2 Å². The molecule has 0 radical (unpaired) electrons. The third-order valence-corrected chi connectivity index (χ3v) is 3.47. The summed E-state index contributed by atoms with van der Waals surface area (Å²) in [5.74, 6) is 0.293. The molecule has 0 aromatic carbocycles. The van der Waals surface area contributed by atoms with Gasteiger partial charge in [0.25, 0.3) is 0 Å². The number of hydrogen-bond donors (Lipinski definition) is 1. The van der Waals surface area contributed by atoms with Crippen molar-refractivity contribution in [3.05, 3.63) is 0 Å². The van der Waals surface area contributed by atoms with Gasteiger partial charge in [-0.2, -0.15) is 0 Å². The first kappa shape index (κ1) is 11.0. The lowest BCUT2D eigenvalue weighted by Gasteiger charge is -2.44. The normalized spacial score (nSPS) is 29.8. The molecule has 1 aliphatic rings. The zero-order chi connectivity index (χ0) is 10.1. The van der Waals surface area contributed by atoms with Crippen LogP contribution in [0.25, 0.3) is 0 Å². The molecule has 1 rings (SSSR count). The molecule has 2 atom stereocenters. The second-order valence-corrected chi connectivity index (χ2v) is 5.31. The van der Waals surface area contributed by atoms with Crippen LogP contribution in [-0.2, 0) is 4.74 Å². The molecule has 0 aromatic rings. The Hall–Kier alpha value is -0.0800. The Bertz CT molecular complexity index is 161. The summed E-state index contributed by atoms with van der Waals surface area (Å²) in [4.78, 5) is 0. The van der Waals surface area contributed by atoms with Crippen LogP contribution in [0.5, 0.6) is 0 Å². The highest BCUT2D eigenvalue weighted by Crippen LogP contribution is 2.39. The first-order valence-corrected chi connectivity index (χ1v) is 5.16. The van der Waals surface area contributed by atoms with E-state index in [1.807, 2.05) is 6.92 Å². The van der Waals surface area contributed by atoms with Crippen LogP contribution in [0.15, 0.2) is 0 Å². The van der Waals surface area contributed by atoms with Gasteiger partial charge in [-0.15, -0.1) is 0 Å². The van der Waals surface area contributed by atoms with Crippen molar-refractivity contribution in [2.75, 3.05) is 13.2 Å². The fourth-order valence-corrected chi connectivity index (χ4v) is 1.80. The van der Waals surface area contributed by atoms with Crippen molar-refractivity contribution in [2.45, 2.75) is 46.1 Å². The van der Waals surface area contributed by atoms with Gasteiger partial charge < -0.3 is 9.84 Å². The molecule has 1 saturated heterocycles. The third-order valence-electron chi connectivity index (χ3n) is 3.47. The highest BCUT2D eigenvalue weighted by atomic mass is 16.5. The SMILES string of the molecule is CC(C)(C)C(C)(O)C1CCCOC1. The van der Waals surface area contributed by atoms with E-state index >= 15 is 0 Å². The Balaban J connectivity index is 2.67. The number of aliphatic hydroxyl groups is 1. The minimum atomic E-state index is -0.618. The average molecular weight is 186 g/mol. The van der Waals surface area contributed by atoms with Gasteiger partial charge in [0.05, 0.1) is 12.2 Å². The predicted molar refractivity (Wildman–Crippen MR) is 53.6 cm³/mol. The number of rotatable bonds is 1. The summed E-state index contributed by atoms with van der Waals surface area (Å²) in [6, 6.07) is 0. The van der Waals surface area contributed by atoms with Crippen molar-refractivity contribution in [2.24, 2.45) is 11.3 Å². The van der Waals surface area contributed by atoms with Crippen LogP contribution in [0.3, 0.4) is 0 Å². The van der Waals surface area contributed by atoms with E-state index in [9.17, 15) is 5.11 Å². The second-order valence-electron chi connectivity index (χ2n) is 5.31. The van der Waals surface area contributed by atoms with Gasteiger partial charge in [0.15, 0.2) is 0 Å². The van der Waals surface area contributed by atoms with Gasteiger partial charge >= 0.3 is 0 Å². The van der Waals surface area contributed by atoms with Crippen LogP contribution < -0.4 is 0 Å². The maximum Gasteiger partial charge on any atom is 0.0717 e. The molecular weight excluding hydrogens is 164 g/mol. The first-order valence-electron chi connectivity index (χ1n) is 5.16. The second kappa shape index (κ2) is 3.58. The van der Waals surface area contributed by atoms with E-state index in [0.717, 1.165) is 19.4 Å². The summed E-state index contributed by atoms with van der Waals surface area (Å²) in [6.45, 7) is 9.76. The van der Waals surface area contributed by atoms with Crippen molar-refractivity contribution in [1.29, 1.82) is 0 Å². The maximum absolute atomic E-state index is 10.4. The van der Waals surface area contributed by atoms with Crippen LogP contribution in [0.4, 0.5) is 0 Å². The predicted octanol–water partition coefficient (Wildman–Crippen LogP) is 2.21. The number of ether oxygens (including phenoxy) is 1. The molecule has 2 unspecified atom stereocenters. The van der Waals surface area contributed by atoms with Crippen molar-refractivity contribution >= 4 is 0 Å². The van der Waals surface area contributed by atoms with Crippen LogP contribution >= 0.6 is 0 Å². The molecule has 1 fully saturated rings. The maximum atomic E-state index is 10.4. The monoisotopic (exact) mass is 186 g/mol. The first-order chi connectivity index (χ1) is 5.86. The minimum Gasteiger partial charge on any atom is -0.389 e. The van der Waals surface area contributed by atoms with Gasteiger partial charge in [0.2, 0.25) is 0 Å². The Kier molecular flexibility index (Phi) is 3.03. The Morgan fingerprint density at radius 2 is 1.85 bits per heavy atom. The van der Waals surface area contributed by atoms with E-state index in [1.165, 1.54) is 0 Å². The summed E-state index contributed by atoms with van der Waals surface area (Å²) < 4.78 is 5.40. The van der Waals surface area contributed by atoms with E-state index in [1.54, 1.807) is 0 Å². The zero-order valence-corrected chi connectivity index (χ0v) is 9.26. The van der Waals surface area contributed by atoms with Gasteiger partial charge in [-0.1, -0.05) is 20.8 Å². The largest absolute Gasteiger partial charge is 0.389 e. The Morgan fingerprint density at radius 1 is 1.23 bits per heavy atom. The molecule has 0 aromatic heterocycles. The molecule has 78 valence electrons. The van der Waals surface area contributed by atoms with Gasteiger partial charge in [-0.25, -0.2) is 0 Å². The summed E-state index contributed by atoms with van der Waals surface area (Å²) in [6.07, 6.45) is 2.17. The van der Waals surface area contributed by atoms with Gasteiger partial charge in [0, 0.05) is 12.5 Å². The molecule has 1 N–H and O–H groups in total. The van der Waals surface area contributed by atoms with Gasteiger partial charge in [-0.3, -0.25) is 0 Å². The summed E-state index contributed by atoms with van der Waals surface area (Å²) in [5, 5.41) is 10.4. The van der Waals surface area contributed by atoms with Crippen LogP contribution in [0.2, 0.25) is 0 Å².